The van der Waals surface area contributed by atoms with Crippen molar-refractivity contribution in [2.75, 3.05) is 25.5 Å². The summed E-state index contributed by atoms with van der Waals surface area (Å²) in [5.74, 6) is 1.12. The molecule has 1 amide bonds. The lowest BCUT2D eigenvalue weighted by Crippen LogP contribution is -2.41. The highest BCUT2D eigenvalue weighted by Crippen LogP contribution is 2.21. The first kappa shape index (κ1) is 15.3. The molecular formula is C16H20N6O. The summed E-state index contributed by atoms with van der Waals surface area (Å²) in [6.07, 6.45) is 7.57. The highest BCUT2D eigenvalue weighted by molar-refractivity contribution is 5.92. The van der Waals surface area contributed by atoms with Crippen LogP contribution in [0, 0.1) is 5.92 Å². The first-order valence-electron chi connectivity index (χ1n) is 7.82. The van der Waals surface area contributed by atoms with E-state index in [1.807, 2.05) is 24.1 Å². The number of aromatic nitrogens is 4. The largest absolute Gasteiger partial charge is 0.372 e. The molecule has 0 aliphatic carbocycles. The fourth-order valence-corrected chi connectivity index (χ4v) is 2.89. The number of hydrogen-bond donors (Lipinski definition) is 1. The van der Waals surface area contributed by atoms with Crippen LogP contribution in [0.4, 0.5) is 5.82 Å². The summed E-state index contributed by atoms with van der Waals surface area (Å²) in [4.78, 5) is 22.4. The predicted molar refractivity (Wildman–Crippen MR) is 85.9 cm³/mol. The molecule has 3 heterocycles. The second kappa shape index (κ2) is 7.13. The van der Waals surface area contributed by atoms with Gasteiger partial charge in [-0.2, -0.15) is 5.10 Å². The van der Waals surface area contributed by atoms with E-state index in [-0.39, 0.29) is 5.91 Å². The van der Waals surface area contributed by atoms with Crippen LogP contribution in [0.2, 0.25) is 0 Å². The third-order valence-electron chi connectivity index (χ3n) is 4.06. The Morgan fingerprint density at radius 3 is 2.96 bits per heavy atom. The molecule has 0 saturated carbocycles. The molecule has 1 saturated heterocycles. The number of piperidine rings is 1. The van der Waals surface area contributed by atoms with Gasteiger partial charge in [0.1, 0.15) is 11.5 Å². The number of anilines is 1. The summed E-state index contributed by atoms with van der Waals surface area (Å²) in [6, 6.07) is 3.91. The highest BCUT2D eigenvalue weighted by atomic mass is 16.2. The van der Waals surface area contributed by atoms with Crippen LogP contribution in [-0.2, 0) is 6.42 Å². The van der Waals surface area contributed by atoms with Crippen molar-refractivity contribution in [3.63, 3.8) is 0 Å². The van der Waals surface area contributed by atoms with E-state index in [1.165, 1.54) is 6.20 Å². The Bertz CT molecular complexity index is 645. The Labute approximate surface area is 135 Å². The first-order valence-corrected chi connectivity index (χ1v) is 7.82. The number of nitrogens with one attached hydrogen (secondary N) is 1. The van der Waals surface area contributed by atoms with E-state index in [0.29, 0.717) is 11.6 Å². The van der Waals surface area contributed by atoms with Crippen molar-refractivity contribution >= 4 is 11.7 Å². The Balaban J connectivity index is 1.62. The van der Waals surface area contributed by atoms with E-state index in [1.54, 1.807) is 12.4 Å². The lowest BCUT2D eigenvalue weighted by Gasteiger charge is -2.32. The number of hydrogen-bond acceptors (Lipinski definition) is 6. The fourth-order valence-electron chi connectivity index (χ4n) is 2.89. The van der Waals surface area contributed by atoms with Crippen LogP contribution in [0.15, 0.2) is 30.7 Å². The van der Waals surface area contributed by atoms with Gasteiger partial charge in [-0.3, -0.25) is 9.78 Å². The van der Waals surface area contributed by atoms with Crippen molar-refractivity contribution in [3.05, 3.63) is 42.1 Å². The molecule has 2 aromatic rings. The molecule has 7 nitrogen and oxygen atoms in total. The topological polar surface area (TPSA) is 83.9 Å². The third kappa shape index (κ3) is 3.80. The molecule has 1 fully saturated rings. The highest BCUT2D eigenvalue weighted by Gasteiger charge is 2.25. The SMILES string of the molecule is CNc1ccc(C[C@@H]2CCCN(C(=O)c3cnccn3)C2)nn1. The van der Waals surface area contributed by atoms with Crippen molar-refractivity contribution in [3.8, 4) is 0 Å². The predicted octanol–water partition coefficient (Wildman–Crippen LogP) is 1.40. The molecule has 3 rings (SSSR count). The van der Waals surface area contributed by atoms with Gasteiger partial charge in [-0.25, -0.2) is 4.98 Å². The molecule has 1 atom stereocenters. The zero-order valence-electron chi connectivity index (χ0n) is 13.1. The monoisotopic (exact) mass is 312 g/mol. The Kier molecular flexibility index (Phi) is 4.75. The van der Waals surface area contributed by atoms with Crippen LogP contribution in [0.25, 0.3) is 0 Å². The van der Waals surface area contributed by atoms with Crippen LogP contribution in [0.3, 0.4) is 0 Å². The van der Waals surface area contributed by atoms with E-state index in [0.717, 1.165) is 43.9 Å². The number of likely N-dealkylation sites (tertiary alicyclic amines) is 1. The van der Waals surface area contributed by atoms with Crippen molar-refractivity contribution < 1.29 is 4.79 Å². The molecule has 0 aromatic carbocycles. The summed E-state index contributed by atoms with van der Waals surface area (Å²) < 4.78 is 0. The number of amides is 1. The zero-order valence-corrected chi connectivity index (χ0v) is 13.1. The molecule has 2 aromatic heterocycles. The number of rotatable bonds is 4. The second-order valence-electron chi connectivity index (χ2n) is 5.71. The smallest absolute Gasteiger partial charge is 0.274 e. The van der Waals surface area contributed by atoms with E-state index < -0.39 is 0 Å². The lowest BCUT2D eigenvalue weighted by molar-refractivity contribution is 0.0666. The van der Waals surface area contributed by atoms with E-state index in [4.69, 9.17) is 0 Å². The summed E-state index contributed by atoms with van der Waals surface area (Å²) in [5, 5.41) is 11.3. The summed E-state index contributed by atoms with van der Waals surface area (Å²) in [5.41, 5.74) is 1.37. The minimum atomic E-state index is -0.0422. The van der Waals surface area contributed by atoms with Gasteiger partial charge in [0.25, 0.3) is 5.91 Å². The Hall–Kier alpha value is -2.57. The minimum Gasteiger partial charge on any atom is -0.372 e. The van der Waals surface area contributed by atoms with Crippen LogP contribution >= 0.6 is 0 Å². The minimum absolute atomic E-state index is 0.0422. The maximum atomic E-state index is 12.5. The van der Waals surface area contributed by atoms with Gasteiger partial charge in [0.2, 0.25) is 0 Å². The standard InChI is InChI=1S/C16H20N6O/c1-17-15-5-4-13(20-21-15)9-12-3-2-8-22(11-12)16(23)14-10-18-6-7-19-14/h4-7,10,12H,2-3,8-9,11H2,1H3,(H,17,21)/t12-/m0/s1. The quantitative estimate of drug-likeness (QED) is 0.919. The molecule has 1 N–H and O–H groups in total. The molecule has 0 unspecified atom stereocenters. The molecule has 1 aliphatic heterocycles. The number of carbonyl (C=O) groups is 1. The van der Waals surface area contributed by atoms with Crippen molar-refractivity contribution in [1.82, 2.24) is 25.1 Å². The van der Waals surface area contributed by atoms with Crippen LogP contribution in [0.1, 0.15) is 29.0 Å². The molecule has 7 heteroatoms. The van der Waals surface area contributed by atoms with Gasteiger partial charge in [0, 0.05) is 32.5 Å². The average molecular weight is 312 g/mol. The molecule has 0 spiro atoms. The van der Waals surface area contributed by atoms with E-state index >= 15 is 0 Å². The van der Waals surface area contributed by atoms with Crippen LogP contribution in [0.5, 0.6) is 0 Å². The van der Waals surface area contributed by atoms with Gasteiger partial charge < -0.3 is 10.2 Å². The normalized spacial score (nSPS) is 17.8. The summed E-state index contributed by atoms with van der Waals surface area (Å²) in [7, 11) is 1.82. The Morgan fingerprint density at radius 2 is 2.26 bits per heavy atom. The Morgan fingerprint density at radius 1 is 1.35 bits per heavy atom. The first-order chi connectivity index (χ1) is 11.3. The van der Waals surface area contributed by atoms with Crippen molar-refractivity contribution in [2.45, 2.75) is 19.3 Å². The van der Waals surface area contributed by atoms with Gasteiger partial charge in [0.15, 0.2) is 0 Å². The van der Waals surface area contributed by atoms with Gasteiger partial charge in [-0.1, -0.05) is 0 Å². The van der Waals surface area contributed by atoms with E-state index in [9.17, 15) is 4.79 Å². The maximum Gasteiger partial charge on any atom is 0.274 e. The third-order valence-corrected chi connectivity index (χ3v) is 4.06. The zero-order chi connectivity index (χ0) is 16.1. The van der Waals surface area contributed by atoms with Gasteiger partial charge >= 0.3 is 0 Å². The van der Waals surface area contributed by atoms with Crippen molar-refractivity contribution in [2.24, 2.45) is 5.92 Å². The average Bonchev–Trinajstić information content (AvgIpc) is 2.63. The van der Waals surface area contributed by atoms with Gasteiger partial charge in [0.05, 0.1) is 11.9 Å². The molecule has 23 heavy (non-hydrogen) atoms. The molecule has 1 aliphatic rings. The van der Waals surface area contributed by atoms with Crippen LogP contribution < -0.4 is 5.32 Å². The molecule has 120 valence electrons. The van der Waals surface area contributed by atoms with Gasteiger partial charge in [-0.15, -0.1) is 5.10 Å². The molecule has 0 radical (unpaired) electrons. The number of carbonyl (C=O) groups excluding carboxylic acids is 1. The van der Waals surface area contributed by atoms with Crippen molar-refractivity contribution in [1.29, 1.82) is 0 Å². The molecular weight excluding hydrogens is 292 g/mol. The number of nitrogens with zero attached hydrogens (tertiary/aromatic N) is 5. The molecule has 0 bridgehead atoms. The summed E-state index contributed by atoms with van der Waals surface area (Å²) in [6.45, 7) is 1.50. The fraction of sp³-hybridized carbons (Fsp3) is 0.438. The lowest BCUT2D eigenvalue weighted by atomic mass is 9.93. The van der Waals surface area contributed by atoms with Crippen LogP contribution in [-0.4, -0.2) is 51.1 Å². The van der Waals surface area contributed by atoms with E-state index in [2.05, 4.69) is 25.5 Å². The summed E-state index contributed by atoms with van der Waals surface area (Å²) >= 11 is 0. The van der Waals surface area contributed by atoms with Gasteiger partial charge in [-0.05, 0) is 37.3 Å². The maximum absolute atomic E-state index is 12.5. The second-order valence-corrected chi connectivity index (χ2v) is 5.71.